The molecule has 0 atom stereocenters. The van der Waals surface area contributed by atoms with Gasteiger partial charge < -0.3 is 20.4 Å². The minimum Gasteiger partial charge on any atom is -0.368 e. The molecular formula is C27H29BrF2N4O2. The smallest absolute Gasteiger partial charge is 0.322 e. The van der Waals surface area contributed by atoms with Crippen molar-refractivity contribution < 1.29 is 18.4 Å². The number of urea groups is 1. The van der Waals surface area contributed by atoms with Crippen LogP contribution < -0.4 is 15.5 Å². The van der Waals surface area contributed by atoms with Gasteiger partial charge in [-0.2, -0.15) is 0 Å². The first-order valence-electron chi connectivity index (χ1n) is 12.1. The summed E-state index contributed by atoms with van der Waals surface area (Å²) < 4.78 is 28.3. The predicted octanol–water partition coefficient (Wildman–Crippen LogP) is 6.47. The highest BCUT2D eigenvalue weighted by Gasteiger charge is 2.23. The van der Waals surface area contributed by atoms with Crippen molar-refractivity contribution in [2.24, 2.45) is 0 Å². The molecule has 1 aliphatic heterocycles. The van der Waals surface area contributed by atoms with Crippen molar-refractivity contribution in [2.45, 2.75) is 32.1 Å². The first-order valence-corrected chi connectivity index (χ1v) is 12.9. The standard InChI is InChI=1S/C27H29BrF2N4O2/c28-20-17-23(29)26(24(30)18-20)32-27(36)34-15-13-33(14-16-34)22-11-9-21(10-12-22)31-25(35)8-4-7-19-5-2-1-3-6-19/h2,5-6,9-12,17-18H,1,3-4,7-8,13-16H2,(H,31,35)(H,32,36). The second-order valence-corrected chi connectivity index (χ2v) is 9.77. The minimum absolute atomic E-state index is 0.00131. The molecule has 0 bridgehead atoms. The summed E-state index contributed by atoms with van der Waals surface area (Å²) in [6.07, 6.45) is 11.0. The van der Waals surface area contributed by atoms with Crippen LogP contribution in [0.15, 0.2) is 64.7 Å². The maximum atomic E-state index is 14.0. The normalized spacial score (nSPS) is 15.5. The van der Waals surface area contributed by atoms with E-state index < -0.39 is 23.4 Å². The van der Waals surface area contributed by atoms with Gasteiger partial charge in [-0.05, 0) is 62.1 Å². The molecule has 36 heavy (non-hydrogen) atoms. The average Bonchev–Trinajstić information content (AvgIpc) is 2.87. The molecule has 2 aromatic rings. The third-order valence-corrected chi connectivity index (χ3v) is 6.72. The maximum absolute atomic E-state index is 14.0. The monoisotopic (exact) mass is 558 g/mol. The fraction of sp³-hybridized carbons (Fsp3) is 0.333. The Morgan fingerprint density at radius 2 is 1.64 bits per heavy atom. The van der Waals surface area contributed by atoms with Crippen LogP contribution in [0.1, 0.15) is 32.1 Å². The molecule has 1 saturated heterocycles. The summed E-state index contributed by atoms with van der Waals surface area (Å²) in [6.45, 7) is 1.98. The Hall–Kier alpha value is -3.20. The highest BCUT2D eigenvalue weighted by molar-refractivity contribution is 9.10. The molecule has 0 spiro atoms. The molecule has 2 aromatic carbocycles. The lowest BCUT2D eigenvalue weighted by molar-refractivity contribution is -0.116. The van der Waals surface area contributed by atoms with Crippen molar-refractivity contribution in [3.8, 4) is 0 Å². The fourth-order valence-corrected chi connectivity index (χ4v) is 4.70. The largest absolute Gasteiger partial charge is 0.368 e. The average molecular weight is 559 g/mol. The zero-order valence-electron chi connectivity index (χ0n) is 19.9. The molecule has 0 saturated carbocycles. The van der Waals surface area contributed by atoms with Crippen molar-refractivity contribution in [1.82, 2.24) is 4.90 Å². The van der Waals surface area contributed by atoms with Gasteiger partial charge in [-0.25, -0.2) is 13.6 Å². The number of nitrogens with zero attached hydrogens (tertiary/aromatic N) is 2. The van der Waals surface area contributed by atoms with Crippen LogP contribution in [0, 0.1) is 11.6 Å². The van der Waals surface area contributed by atoms with E-state index in [1.807, 2.05) is 24.3 Å². The van der Waals surface area contributed by atoms with Crippen LogP contribution in [-0.2, 0) is 4.79 Å². The zero-order valence-corrected chi connectivity index (χ0v) is 21.5. The summed E-state index contributed by atoms with van der Waals surface area (Å²) in [6, 6.07) is 9.30. The van der Waals surface area contributed by atoms with Gasteiger partial charge in [0.1, 0.15) is 5.69 Å². The van der Waals surface area contributed by atoms with E-state index >= 15 is 0 Å². The quantitative estimate of drug-likeness (QED) is 0.409. The van der Waals surface area contributed by atoms with E-state index in [-0.39, 0.29) is 10.4 Å². The molecule has 2 N–H and O–H groups in total. The van der Waals surface area contributed by atoms with Crippen LogP contribution in [-0.4, -0.2) is 43.0 Å². The second-order valence-electron chi connectivity index (χ2n) is 8.86. The van der Waals surface area contributed by atoms with Crippen LogP contribution in [0.25, 0.3) is 0 Å². The van der Waals surface area contributed by atoms with E-state index in [0.717, 1.165) is 49.2 Å². The number of hydrogen-bond acceptors (Lipinski definition) is 3. The number of anilines is 3. The van der Waals surface area contributed by atoms with Crippen LogP contribution >= 0.6 is 15.9 Å². The number of allylic oxidation sites excluding steroid dienone is 4. The Bertz CT molecular complexity index is 1140. The summed E-state index contributed by atoms with van der Waals surface area (Å²) in [7, 11) is 0. The molecule has 6 nitrogen and oxygen atoms in total. The van der Waals surface area contributed by atoms with E-state index in [4.69, 9.17) is 0 Å². The lowest BCUT2D eigenvalue weighted by Crippen LogP contribution is -2.50. The third-order valence-electron chi connectivity index (χ3n) is 6.26. The number of halogens is 3. The van der Waals surface area contributed by atoms with Crippen molar-refractivity contribution >= 4 is 44.9 Å². The second kappa shape index (κ2) is 12.2. The molecule has 1 fully saturated rings. The van der Waals surface area contributed by atoms with Gasteiger partial charge in [-0.15, -0.1) is 0 Å². The van der Waals surface area contributed by atoms with Gasteiger partial charge >= 0.3 is 6.03 Å². The van der Waals surface area contributed by atoms with Crippen LogP contribution in [0.5, 0.6) is 0 Å². The Morgan fingerprint density at radius 3 is 2.28 bits per heavy atom. The van der Waals surface area contributed by atoms with Crippen molar-refractivity contribution in [2.75, 3.05) is 41.7 Å². The van der Waals surface area contributed by atoms with Crippen LogP contribution in [0.3, 0.4) is 0 Å². The zero-order chi connectivity index (χ0) is 25.5. The molecule has 1 heterocycles. The summed E-state index contributed by atoms with van der Waals surface area (Å²) in [4.78, 5) is 28.5. The number of piperazine rings is 1. The first-order chi connectivity index (χ1) is 17.4. The molecule has 0 radical (unpaired) electrons. The number of benzene rings is 2. The maximum Gasteiger partial charge on any atom is 0.322 e. The molecule has 0 unspecified atom stereocenters. The third kappa shape index (κ3) is 6.94. The molecule has 3 amide bonds. The number of carbonyl (C=O) groups is 2. The highest BCUT2D eigenvalue weighted by Crippen LogP contribution is 2.25. The Balaban J connectivity index is 1.22. The van der Waals surface area contributed by atoms with Gasteiger partial charge in [0.2, 0.25) is 5.91 Å². The summed E-state index contributed by atoms with van der Waals surface area (Å²) in [5, 5.41) is 5.29. The summed E-state index contributed by atoms with van der Waals surface area (Å²) in [5.41, 5.74) is 2.58. The van der Waals surface area contributed by atoms with Crippen molar-refractivity contribution in [3.05, 3.63) is 76.3 Å². The Kier molecular flexibility index (Phi) is 8.74. The van der Waals surface area contributed by atoms with Gasteiger partial charge in [0.25, 0.3) is 0 Å². The van der Waals surface area contributed by atoms with Crippen molar-refractivity contribution in [1.29, 1.82) is 0 Å². The molecule has 0 aromatic heterocycles. The molecule has 4 rings (SSSR count). The SMILES string of the molecule is O=C(CCCC1=CCCC=C1)Nc1ccc(N2CCN(C(=O)Nc3c(F)cc(Br)cc3F)CC2)cc1. The van der Waals surface area contributed by atoms with E-state index in [1.165, 1.54) is 10.5 Å². The lowest BCUT2D eigenvalue weighted by Gasteiger charge is -2.36. The van der Waals surface area contributed by atoms with Gasteiger partial charge in [0.05, 0.1) is 0 Å². The number of amides is 3. The van der Waals surface area contributed by atoms with Gasteiger partial charge in [0, 0.05) is 48.4 Å². The number of rotatable bonds is 7. The van der Waals surface area contributed by atoms with Gasteiger partial charge in [0.15, 0.2) is 11.6 Å². The number of carbonyl (C=O) groups excluding carboxylic acids is 2. The molecule has 9 heteroatoms. The summed E-state index contributed by atoms with van der Waals surface area (Å²) in [5.74, 6) is -1.67. The minimum atomic E-state index is -0.834. The summed E-state index contributed by atoms with van der Waals surface area (Å²) >= 11 is 3.03. The Labute approximate surface area is 218 Å². The fourth-order valence-electron chi connectivity index (χ4n) is 4.30. The molecule has 1 aliphatic carbocycles. The van der Waals surface area contributed by atoms with E-state index in [0.29, 0.717) is 32.6 Å². The van der Waals surface area contributed by atoms with Crippen molar-refractivity contribution in [3.63, 3.8) is 0 Å². The van der Waals surface area contributed by atoms with E-state index in [9.17, 15) is 18.4 Å². The lowest BCUT2D eigenvalue weighted by atomic mass is 10.0. The topological polar surface area (TPSA) is 64.7 Å². The molecule has 2 aliphatic rings. The van der Waals surface area contributed by atoms with Crippen LogP contribution in [0.2, 0.25) is 0 Å². The highest BCUT2D eigenvalue weighted by atomic mass is 79.9. The number of hydrogen-bond donors (Lipinski definition) is 2. The first kappa shape index (κ1) is 25.9. The van der Waals surface area contributed by atoms with E-state index in [1.54, 1.807) is 0 Å². The van der Waals surface area contributed by atoms with E-state index in [2.05, 4.69) is 49.7 Å². The van der Waals surface area contributed by atoms with Crippen LogP contribution in [0.4, 0.5) is 30.6 Å². The van der Waals surface area contributed by atoms with Gasteiger partial charge in [-0.3, -0.25) is 4.79 Å². The molecular weight excluding hydrogens is 530 g/mol. The Morgan fingerprint density at radius 1 is 0.944 bits per heavy atom. The molecule has 190 valence electrons. The predicted molar refractivity (Wildman–Crippen MR) is 142 cm³/mol. The van der Waals surface area contributed by atoms with Gasteiger partial charge in [-0.1, -0.05) is 39.7 Å². The number of nitrogens with one attached hydrogen (secondary N) is 2.